The van der Waals surface area contributed by atoms with E-state index in [9.17, 15) is 0 Å². The van der Waals surface area contributed by atoms with Gasteiger partial charge in [0.2, 0.25) is 0 Å². The van der Waals surface area contributed by atoms with E-state index in [-0.39, 0.29) is 0 Å². The number of hydrogen-bond acceptors (Lipinski definition) is 5. The van der Waals surface area contributed by atoms with Gasteiger partial charge in [0, 0.05) is 6.04 Å². The van der Waals surface area contributed by atoms with Crippen molar-refractivity contribution in [3.8, 4) is 0 Å². The molecule has 0 spiro atoms. The predicted octanol–water partition coefficient (Wildman–Crippen LogP) is 2.15. The van der Waals surface area contributed by atoms with Gasteiger partial charge in [-0.1, -0.05) is 26.7 Å². The number of hydrogen-bond donors (Lipinski definition) is 1. The number of rotatable bonds is 6. The van der Waals surface area contributed by atoms with Crippen molar-refractivity contribution in [1.29, 1.82) is 0 Å². The van der Waals surface area contributed by atoms with Gasteiger partial charge in [0.1, 0.15) is 0 Å². The number of tetrazole rings is 1. The van der Waals surface area contributed by atoms with Gasteiger partial charge in [0.15, 0.2) is 11.5 Å². The van der Waals surface area contributed by atoms with Crippen molar-refractivity contribution in [2.75, 3.05) is 5.32 Å². The van der Waals surface area contributed by atoms with Crippen molar-refractivity contribution in [3.63, 3.8) is 0 Å². The Morgan fingerprint density at radius 3 is 2.83 bits per heavy atom. The highest BCUT2D eigenvalue weighted by Crippen LogP contribution is 2.12. The zero-order valence-corrected chi connectivity index (χ0v) is 11.2. The highest BCUT2D eigenvalue weighted by Gasteiger charge is 2.07. The van der Waals surface area contributed by atoms with Crippen molar-refractivity contribution in [3.05, 3.63) is 12.4 Å². The van der Waals surface area contributed by atoms with E-state index in [1.165, 1.54) is 12.8 Å². The summed E-state index contributed by atoms with van der Waals surface area (Å²) in [6.07, 6.45) is 7.03. The van der Waals surface area contributed by atoms with Crippen LogP contribution in [0.15, 0.2) is 12.4 Å². The second-order valence-corrected chi connectivity index (χ2v) is 5.11. The Morgan fingerprint density at radius 2 is 2.06 bits per heavy atom. The second-order valence-electron chi connectivity index (χ2n) is 5.11. The largest absolute Gasteiger partial charge is 0.366 e. The third-order valence-corrected chi connectivity index (χ3v) is 2.92. The second kappa shape index (κ2) is 5.75. The molecule has 0 aliphatic carbocycles. The molecule has 98 valence electrons. The van der Waals surface area contributed by atoms with Crippen LogP contribution in [0.5, 0.6) is 0 Å². The molecule has 0 saturated carbocycles. The Labute approximate surface area is 107 Å². The van der Waals surface area contributed by atoms with Crippen molar-refractivity contribution in [2.45, 2.75) is 46.1 Å². The normalized spacial score (nSPS) is 13.1. The summed E-state index contributed by atoms with van der Waals surface area (Å²) < 4.78 is 1.67. The molecule has 0 amide bonds. The molecule has 6 heteroatoms. The average Bonchev–Trinajstić information content (AvgIpc) is 2.77. The first kappa shape index (κ1) is 12.7. The van der Waals surface area contributed by atoms with E-state index in [0.29, 0.717) is 11.7 Å². The zero-order valence-electron chi connectivity index (χ0n) is 11.2. The van der Waals surface area contributed by atoms with Crippen LogP contribution in [0.3, 0.4) is 0 Å². The van der Waals surface area contributed by atoms with E-state index in [1.54, 1.807) is 16.9 Å². The maximum Gasteiger partial charge on any atom is 0.199 e. The number of anilines is 1. The summed E-state index contributed by atoms with van der Waals surface area (Å²) in [5, 5.41) is 14.8. The minimum Gasteiger partial charge on any atom is -0.366 e. The van der Waals surface area contributed by atoms with Gasteiger partial charge in [0.25, 0.3) is 0 Å². The first-order valence-electron chi connectivity index (χ1n) is 6.45. The first-order chi connectivity index (χ1) is 8.66. The maximum atomic E-state index is 4.12. The summed E-state index contributed by atoms with van der Waals surface area (Å²) in [5.41, 5.74) is 0.661. The molecule has 18 heavy (non-hydrogen) atoms. The van der Waals surface area contributed by atoms with Crippen LogP contribution < -0.4 is 5.32 Å². The fourth-order valence-corrected chi connectivity index (χ4v) is 1.93. The maximum absolute atomic E-state index is 4.12. The molecular formula is C12H20N6. The molecule has 1 atom stereocenters. The highest BCUT2D eigenvalue weighted by atomic mass is 15.5. The molecule has 1 unspecified atom stereocenters. The SMILES string of the molecule is CC(C)CCCC(C)Nc1cncc2nnnn12. The van der Waals surface area contributed by atoms with Crippen molar-refractivity contribution >= 4 is 11.5 Å². The molecule has 2 aromatic heterocycles. The Balaban J connectivity index is 1.94. The molecular weight excluding hydrogens is 228 g/mol. The van der Waals surface area contributed by atoms with Crippen LogP contribution in [0, 0.1) is 5.92 Å². The number of nitrogens with one attached hydrogen (secondary N) is 1. The third kappa shape index (κ3) is 3.15. The van der Waals surface area contributed by atoms with E-state index in [1.807, 2.05) is 0 Å². The summed E-state index contributed by atoms with van der Waals surface area (Å²) in [7, 11) is 0. The Bertz CT molecular complexity index is 492. The van der Waals surface area contributed by atoms with E-state index >= 15 is 0 Å². The Hall–Kier alpha value is -1.72. The van der Waals surface area contributed by atoms with E-state index in [2.05, 4.69) is 46.6 Å². The van der Waals surface area contributed by atoms with Gasteiger partial charge in [-0.25, -0.2) is 0 Å². The minimum absolute atomic E-state index is 0.389. The smallest absolute Gasteiger partial charge is 0.199 e. The van der Waals surface area contributed by atoms with Crippen LogP contribution >= 0.6 is 0 Å². The van der Waals surface area contributed by atoms with Crippen molar-refractivity contribution in [1.82, 2.24) is 25.0 Å². The molecule has 6 nitrogen and oxygen atoms in total. The van der Waals surface area contributed by atoms with E-state index < -0.39 is 0 Å². The van der Waals surface area contributed by atoms with Crippen LogP contribution in [0.2, 0.25) is 0 Å². The number of fused-ring (bicyclic) bond motifs is 1. The molecule has 0 radical (unpaired) electrons. The minimum atomic E-state index is 0.389. The molecule has 1 N–H and O–H groups in total. The molecule has 0 saturated heterocycles. The number of nitrogens with zero attached hydrogens (tertiary/aromatic N) is 5. The molecule has 0 aliphatic heterocycles. The molecule has 0 aliphatic rings. The predicted molar refractivity (Wildman–Crippen MR) is 70.4 cm³/mol. The van der Waals surface area contributed by atoms with Crippen molar-refractivity contribution < 1.29 is 0 Å². The van der Waals surface area contributed by atoms with E-state index in [4.69, 9.17) is 0 Å². The topological polar surface area (TPSA) is 68.0 Å². The van der Waals surface area contributed by atoms with Gasteiger partial charge in [-0.15, -0.1) is 5.10 Å². The lowest BCUT2D eigenvalue weighted by Crippen LogP contribution is -2.17. The van der Waals surface area contributed by atoms with Gasteiger partial charge >= 0.3 is 0 Å². The Morgan fingerprint density at radius 1 is 1.22 bits per heavy atom. The van der Waals surface area contributed by atoms with Gasteiger partial charge in [-0.3, -0.25) is 4.98 Å². The van der Waals surface area contributed by atoms with Gasteiger partial charge in [-0.05, 0) is 29.7 Å². The van der Waals surface area contributed by atoms with Crippen LogP contribution in [-0.2, 0) is 0 Å². The standard InChI is InChI=1S/C12H20N6/c1-9(2)5-4-6-10(3)14-11-7-13-8-12-15-16-17-18(11)12/h7-10,14H,4-6H2,1-3H3. The fourth-order valence-electron chi connectivity index (χ4n) is 1.93. The van der Waals surface area contributed by atoms with Crippen LogP contribution in [-0.4, -0.2) is 31.1 Å². The summed E-state index contributed by atoms with van der Waals surface area (Å²) >= 11 is 0. The van der Waals surface area contributed by atoms with Gasteiger partial charge in [0.05, 0.1) is 12.4 Å². The number of aromatic nitrogens is 5. The molecule has 0 aromatic carbocycles. The fraction of sp³-hybridized carbons (Fsp3) is 0.667. The summed E-state index contributed by atoms with van der Waals surface area (Å²) in [6, 6.07) is 0.389. The summed E-state index contributed by atoms with van der Waals surface area (Å²) in [4.78, 5) is 4.12. The summed E-state index contributed by atoms with van der Waals surface area (Å²) in [6.45, 7) is 6.68. The first-order valence-corrected chi connectivity index (χ1v) is 6.45. The third-order valence-electron chi connectivity index (χ3n) is 2.92. The lowest BCUT2D eigenvalue weighted by Gasteiger charge is -2.15. The molecule has 2 heterocycles. The van der Waals surface area contributed by atoms with Crippen LogP contribution in [0.4, 0.5) is 5.82 Å². The van der Waals surface area contributed by atoms with Crippen molar-refractivity contribution in [2.24, 2.45) is 5.92 Å². The summed E-state index contributed by atoms with van der Waals surface area (Å²) in [5.74, 6) is 1.61. The van der Waals surface area contributed by atoms with E-state index in [0.717, 1.165) is 18.2 Å². The molecule has 2 rings (SSSR count). The molecule has 2 aromatic rings. The van der Waals surface area contributed by atoms with Gasteiger partial charge < -0.3 is 5.32 Å². The highest BCUT2D eigenvalue weighted by molar-refractivity contribution is 5.44. The van der Waals surface area contributed by atoms with Gasteiger partial charge in [-0.2, -0.15) is 4.52 Å². The monoisotopic (exact) mass is 248 g/mol. The average molecular weight is 248 g/mol. The molecule has 0 fully saturated rings. The van der Waals surface area contributed by atoms with Crippen LogP contribution in [0.1, 0.15) is 40.0 Å². The lowest BCUT2D eigenvalue weighted by molar-refractivity contribution is 0.519. The molecule has 0 bridgehead atoms. The van der Waals surface area contributed by atoms with Crippen LogP contribution in [0.25, 0.3) is 5.65 Å². The zero-order chi connectivity index (χ0) is 13.0. The lowest BCUT2D eigenvalue weighted by atomic mass is 10.0. The quantitative estimate of drug-likeness (QED) is 0.848. The Kier molecular flexibility index (Phi) is 4.07.